The van der Waals surface area contributed by atoms with E-state index in [-0.39, 0.29) is 5.91 Å². The number of ether oxygens (including phenoxy) is 1. The molecule has 10 heteroatoms. The monoisotopic (exact) mass is 464 g/mol. The summed E-state index contributed by atoms with van der Waals surface area (Å²) in [5.74, 6) is 0.000758. The summed E-state index contributed by atoms with van der Waals surface area (Å²) in [5.41, 5.74) is 4.23. The highest BCUT2D eigenvalue weighted by atomic mass is 35.5. The topological polar surface area (TPSA) is 88.1 Å². The van der Waals surface area contributed by atoms with E-state index in [2.05, 4.69) is 32.3 Å². The van der Waals surface area contributed by atoms with Crippen LogP contribution in [0.3, 0.4) is 0 Å². The number of nitrogens with one attached hydrogen (secondary N) is 2. The summed E-state index contributed by atoms with van der Waals surface area (Å²) < 4.78 is 5.16. The van der Waals surface area contributed by atoms with Crippen molar-refractivity contribution >= 4 is 40.0 Å². The Balaban J connectivity index is 0.000000245. The van der Waals surface area contributed by atoms with E-state index in [1.165, 1.54) is 11.3 Å². The maximum Gasteiger partial charge on any atom is 0.224 e. The van der Waals surface area contributed by atoms with Crippen LogP contribution in [-0.4, -0.2) is 70.2 Å². The van der Waals surface area contributed by atoms with Crippen LogP contribution in [0.2, 0.25) is 10.0 Å². The third-order valence-corrected chi connectivity index (χ3v) is 6.41. The molecule has 1 amide bonds. The van der Waals surface area contributed by atoms with Crippen LogP contribution in [0.5, 0.6) is 0 Å². The first-order valence-electron chi connectivity index (χ1n) is 10.4. The average molecular weight is 465 g/mol. The molecule has 0 unspecified atom stereocenters. The smallest absolute Gasteiger partial charge is 0.224 e. The molecule has 0 saturated carbocycles. The minimum Gasteiger partial charge on any atom is -0.379 e. The summed E-state index contributed by atoms with van der Waals surface area (Å²) in [4.78, 5) is 19.2. The molecule has 5 rings (SSSR count). The molecule has 8 nitrogen and oxygen atoms in total. The van der Waals surface area contributed by atoms with Crippen molar-refractivity contribution in [3.63, 3.8) is 0 Å². The zero-order valence-corrected chi connectivity index (χ0v) is 19.2. The van der Waals surface area contributed by atoms with Crippen molar-refractivity contribution in [3.8, 4) is 11.3 Å². The van der Waals surface area contributed by atoms with Gasteiger partial charge in [-0.3, -0.25) is 9.69 Å². The largest absolute Gasteiger partial charge is 0.379 e. The Morgan fingerprint density at radius 3 is 2.68 bits per heavy atom. The number of fused-ring (bicyclic) bond motifs is 3. The molecule has 2 N–H and O–H groups in total. The summed E-state index contributed by atoms with van der Waals surface area (Å²) in [6, 6.07) is 1.78. The molecule has 0 atom stereocenters. The van der Waals surface area contributed by atoms with Crippen molar-refractivity contribution in [2.75, 3.05) is 39.4 Å². The third kappa shape index (κ3) is 4.72. The number of rotatable bonds is 2. The number of hydrogen-bond donors (Lipinski definition) is 2. The molecule has 2 aliphatic rings. The Hall–Kier alpha value is -2.13. The predicted octanol–water partition coefficient (Wildman–Crippen LogP) is 2.82. The molecule has 4 heterocycles. The number of morpholine rings is 1. The predicted molar refractivity (Wildman–Crippen MR) is 122 cm³/mol. The van der Waals surface area contributed by atoms with Gasteiger partial charge in [0.1, 0.15) is 5.69 Å². The van der Waals surface area contributed by atoms with Crippen LogP contribution in [0.25, 0.3) is 22.2 Å². The number of aryl methyl sites for hydroxylation is 1. The highest BCUT2D eigenvalue weighted by Crippen LogP contribution is 2.40. The lowest BCUT2D eigenvalue weighted by atomic mass is 10.00. The van der Waals surface area contributed by atoms with Crippen LogP contribution in [0.15, 0.2) is 12.3 Å². The number of aromatic amines is 1. The van der Waals surface area contributed by atoms with Gasteiger partial charge in [0.05, 0.1) is 41.4 Å². The summed E-state index contributed by atoms with van der Waals surface area (Å²) in [7, 11) is 1.75. The Morgan fingerprint density at radius 2 is 2.03 bits per heavy atom. The SMILES string of the molecule is CCN1CCOCC1.Cn1ncc(-c2cc(Cl)c(Cl)c3[nH]c4c(c23)CC(=O)NCC4)n1. The Kier molecular flexibility index (Phi) is 6.81. The molecule has 0 bridgehead atoms. The summed E-state index contributed by atoms with van der Waals surface area (Å²) in [5, 5.41) is 13.2. The zero-order chi connectivity index (χ0) is 22.0. The van der Waals surface area contributed by atoms with Crippen molar-refractivity contribution in [1.29, 1.82) is 0 Å². The highest BCUT2D eigenvalue weighted by molar-refractivity contribution is 6.45. The standard InChI is InChI=1S/C15H13Cl2N5O.C6H13NO/c1-22-19-6-11(21-22)7-4-9(16)14(17)15-13(7)8-5-12(23)18-3-2-10(8)20-15;1-2-7-3-5-8-6-4-7/h4,6,20H,2-3,5H2,1H3,(H,18,23);2-6H2,1H3. The molecule has 31 heavy (non-hydrogen) atoms. The van der Waals surface area contributed by atoms with E-state index in [0.717, 1.165) is 60.4 Å². The van der Waals surface area contributed by atoms with Gasteiger partial charge in [0.15, 0.2) is 0 Å². The van der Waals surface area contributed by atoms with Crippen molar-refractivity contribution in [2.45, 2.75) is 19.8 Å². The number of aromatic nitrogens is 4. The number of carbonyl (C=O) groups is 1. The van der Waals surface area contributed by atoms with Crippen molar-refractivity contribution in [3.05, 3.63) is 33.6 Å². The van der Waals surface area contributed by atoms with Gasteiger partial charge >= 0.3 is 0 Å². The molecule has 166 valence electrons. The minimum absolute atomic E-state index is 0.000758. The highest BCUT2D eigenvalue weighted by Gasteiger charge is 2.24. The van der Waals surface area contributed by atoms with Gasteiger partial charge in [-0.2, -0.15) is 15.0 Å². The first-order chi connectivity index (χ1) is 15.0. The minimum atomic E-state index is 0.000758. The van der Waals surface area contributed by atoms with Gasteiger partial charge in [-0.1, -0.05) is 30.1 Å². The quantitative estimate of drug-likeness (QED) is 0.608. The molecule has 0 aliphatic carbocycles. The lowest BCUT2D eigenvalue weighted by Crippen LogP contribution is -2.35. The van der Waals surface area contributed by atoms with E-state index < -0.39 is 0 Å². The van der Waals surface area contributed by atoms with Crippen LogP contribution in [-0.2, 0) is 29.4 Å². The van der Waals surface area contributed by atoms with E-state index >= 15 is 0 Å². The van der Waals surface area contributed by atoms with Gasteiger partial charge in [-0.05, 0) is 18.2 Å². The van der Waals surface area contributed by atoms with Gasteiger partial charge in [-0.15, -0.1) is 0 Å². The second-order valence-corrected chi connectivity index (χ2v) is 8.38. The fourth-order valence-corrected chi connectivity index (χ4v) is 4.38. The number of hydrogen-bond acceptors (Lipinski definition) is 5. The van der Waals surface area contributed by atoms with Gasteiger partial charge in [0, 0.05) is 49.7 Å². The number of benzene rings is 1. The van der Waals surface area contributed by atoms with Gasteiger partial charge in [0.2, 0.25) is 5.91 Å². The van der Waals surface area contributed by atoms with E-state index in [9.17, 15) is 4.79 Å². The van der Waals surface area contributed by atoms with Crippen molar-refractivity contribution in [1.82, 2.24) is 30.2 Å². The van der Waals surface area contributed by atoms with Crippen molar-refractivity contribution < 1.29 is 9.53 Å². The van der Waals surface area contributed by atoms with E-state index in [0.29, 0.717) is 28.7 Å². The summed E-state index contributed by atoms with van der Waals surface area (Å²) in [6.07, 6.45) is 2.71. The van der Waals surface area contributed by atoms with Gasteiger partial charge < -0.3 is 15.0 Å². The van der Waals surface area contributed by atoms with Crippen LogP contribution < -0.4 is 5.32 Å². The van der Waals surface area contributed by atoms with Crippen LogP contribution >= 0.6 is 23.2 Å². The molecule has 1 saturated heterocycles. The molecular weight excluding hydrogens is 439 g/mol. The van der Waals surface area contributed by atoms with Gasteiger partial charge in [0.25, 0.3) is 0 Å². The fourth-order valence-electron chi connectivity index (χ4n) is 3.98. The number of carbonyl (C=O) groups excluding carboxylic acids is 1. The third-order valence-electron chi connectivity index (χ3n) is 5.62. The lowest BCUT2D eigenvalue weighted by molar-refractivity contribution is -0.120. The molecule has 2 aromatic heterocycles. The van der Waals surface area contributed by atoms with E-state index in [1.807, 2.05) is 0 Å². The second-order valence-electron chi connectivity index (χ2n) is 7.59. The summed E-state index contributed by atoms with van der Waals surface area (Å²) >= 11 is 12.7. The number of amides is 1. The number of likely N-dealkylation sites (N-methyl/N-ethyl adjacent to an activating group) is 1. The van der Waals surface area contributed by atoms with Crippen LogP contribution in [0.4, 0.5) is 0 Å². The van der Waals surface area contributed by atoms with Gasteiger partial charge in [-0.25, -0.2) is 0 Å². The molecule has 0 spiro atoms. The maximum absolute atomic E-state index is 12.0. The molecule has 1 aromatic carbocycles. The normalized spacial score (nSPS) is 17.0. The van der Waals surface area contributed by atoms with Crippen LogP contribution in [0.1, 0.15) is 18.2 Å². The Morgan fingerprint density at radius 1 is 1.26 bits per heavy atom. The maximum atomic E-state index is 12.0. The van der Waals surface area contributed by atoms with Crippen LogP contribution in [0, 0.1) is 0 Å². The number of halogens is 2. The Bertz CT molecular complexity index is 1090. The van der Waals surface area contributed by atoms with E-state index in [4.69, 9.17) is 27.9 Å². The molecule has 3 aromatic rings. The first kappa shape index (κ1) is 22.1. The second kappa shape index (κ2) is 9.56. The molecular formula is C21H26Cl2N6O2. The van der Waals surface area contributed by atoms with E-state index in [1.54, 1.807) is 19.3 Å². The van der Waals surface area contributed by atoms with Crippen molar-refractivity contribution in [2.24, 2.45) is 7.05 Å². The first-order valence-corrected chi connectivity index (χ1v) is 11.2. The Labute approximate surface area is 190 Å². The number of nitrogens with zero attached hydrogens (tertiary/aromatic N) is 4. The average Bonchev–Trinajstić information content (AvgIpc) is 3.31. The fraction of sp³-hybridized carbons (Fsp3) is 0.476. The summed E-state index contributed by atoms with van der Waals surface area (Å²) in [6.45, 7) is 8.05. The molecule has 2 aliphatic heterocycles. The number of H-pyrrole nitrogens is 1. The zero-order valence-electron chi connectivity index (χ0n) is 17.7. The molecule has 0 radical (unpaired) electrons. The molecule has 1 fully saturated rings. The lowest BCUT2D eigenvalue weighted by Gasteiger charge is -2.24.